The van der Waals surface area contributed by atoms with Crippen LogP contribution in [0.4, 0.5) is 0 Å². The van der Waals surface area contributed by atoms with E-state index in [1.807, 2.05) is 19.1 Å². The van der Waals surface area contributed by atoms with Gasteiger partial charge >= 0.3 is 0 Å². The minimum absolute atomic E-state index is 0.106. The van der Waals surface area contributed by atoms with Crippen LogP contribution in [0.5, 0.6) is 11.5 Å². The quantitative estimate of drug-likeness (QED) is 0.324. The fourth-order valence-corrected chi connectivity index (χ4v) is 4.41. The number of hydrogen-bond donors (Lipinski definition) is 3. The first-order chi connectivity index (χ1) is 14.6. The van der Waals surface area contributed by atoms with Crippen molar-refractivity contribution >= 4 is 84.2 Å². The topological polar surface area (TPSA) is 88.7 Å². The molecule has 1 unspecified atom stereocenters. The first-order valence-electron chi connectivity index (χ1n) is 8.66. The third-order valence-electron chi connectivity index (χ3n) is 3.66. The zero-order chi connectivity index (χ0) is 23.1. The van der Waals surface area contributed by atoms with E-state index in [9.17, 15) is 9.59 Å². The van der Waals surface area contributed by atoms with Crippen molar-refractivity contribution in [2.45, 2.75) is 20.0 Å². The van der Waals surface area contributed by atoms with Gasteiger partial charge in [0.05, 0.1) is 9.50 Å². The Labute approximate surface area is 211 Å². The molecule has 0 aliphatic carbocycles. The number of rotatable bonds is 6. The van der Waals surface area contributed by atoms with Crippen LogP contribution in [0.25, 0.3) is 0 Å². The van der Waals surface area contributed by atoms with Crippen molar-refractivity contribution < 1.29 is 19.1 Å². The lowest BCUT2D eigenvalue weighted by atomic mass is 10.2. The summed E-state index contributed by atoms with van der Waals surface area (Å²) in [5, 5.41) is 3.02. The molecule has 0 bridgehead atoms. The zero-order valence-corrected chi connectivity index (χ0v) is 21.7. The molecular formula is C19H17Br2Cl2N3O4S. The monoisotopic (exact) mass is 611 g/mol. The van der Waals surface area contributed by atoms with E-state index in [4.69, 9.17) is 44.9 Å². The lowest BCUT2D eigenvalue weighted by Crippen LogP contribution is -2.52. The summed E-state index contributed by atoms with van der Waals surface area (Å²) < 4.78 is 12.6. The van der Waals surface area contributed by atoms with Gasteiger partial charge in [-0.25, -0.2) is 0 Å². The molecule has 0 spiro atoms. The second-order valence-corrected chi connectivity index (χ2v) is 9.17. The maximum absolute atomic E-state index is 12.2. The summed E-state index contributed by atoms with van der Waals surface area (Å²) in [7, 11) is 0. The predicted molar refractivity (Wildman–Crippen MR) is 131 cm³/mol. The average Bonchev–Trinajstić information content (AvgIpc) is 2.67. The molecule has 0 saturated carbocycles. The molecule has 2 aromatic rings. The van der Waals surface area contributed by atoms with Gasteiger partial charge in [0.2, 0.25) is 0 Å². The lowest BCUT2D eigenvalue weighted by molar-refractivity contribution is -0.128. The van der Waals surface area contributed by atoms with Crippen LogP contribution in [0.15, 0.2) is 39.3 Å². The van der Waals surface area contributed by atoms with Crippen LogP contribution >= 0.6 is 67.3 Å². The number of thiocarbonyl (C=S) groups is 1. The molecule has 2 aromatic carbocycles. The number of aryl methyl sites for hydroxylation is 1. The van der Waals surface area contributed by atoms with Crippen molar-refractivity contribution in [2.75, 3.05) is 6.61 Å². The van der Waals surface area contributed by atoms with E-state index in [1.54, 1.807) is 12.1 Å². The van der Waals surface area contributed by atoms with Crippen molar-refractivity contribution in [3.63, 3.8) is 0 Å². The Balaban J connectivity index is 1.77. The average molecular weight is 614 g/mol. The first kappa shape index (κ1) is 25.7. The van der Waals surface area contributed by atoms with Gasteiger partial charge in [-0.1, -0.05) is 39.1 Å². The van der Waals surface area contributed by atoms with Gasteiger partial charge in [0.1, 0.15) is 11.5 Å². The molecule has 0 fully saturated rings. The highest BCUT2D eigenvalue weighted by molar-refractivity contribution is 9.11. The number of benzene rings is 2. The fraction of sp³-hybridized carbons (Fsp3) is 0.211. The highest BCUT2D eigenvalue weighted by atomic mass is 79.9. The summed E-state index contributed by atoms with van der Waals surface area (Å²) in [5.41, 5.74) is 5.62. The standard InChI is InChI=1S/C19H17Br2Cl2N3O4S/c1-9-5-11(20)6-13(21)17(9)29-8-16(27)24-19(31)26-25-18(28)10(2)30-15-4-3-12(22)7-14(15)23/h3-7,10H,8H2,1-2H3,(H,25,28)(H2,24,26,27,31). The summed E-state index contributed by atoms with van der Waals surface area (Å²) in [6.07, 6.45) is -0.897. The van der Waals surface area contributed by atoms with Gasteiger partial charge in [-0.3, -0.25) is 25.8 Å². The van der Waals surface area contributed by atoms with Crippen molar-refractivity contribution in [1.82, 2.24) is 16.2 Å². The van der Waals surface area contributed by atoms with Gasteiger partial charge in [-0.05, 0) is 77.9 Å². The third-order valence-corrected chi connectivity index (χ3v) is 5.44. The Morgan fingerprint density at radius 2 is 1.87 bits per heavy atom. The summed E-state index contributed by atoms with van der Waals surface area (Å²) in [4.78, 5) is 24.2. The maximum atomic E-state index is 12.2. The molecule has 166 valence electrons. The molecule has 2 amide bonds. The molecular weight excluding hydrogens is 597 g/mol. The minimum atomic E-state index is -0.897. The SMILES string of the molecule is Cc1cc(Br)cc(Br)c1OCC(=O)NC(=S)NNC(=O)C(C)Oc1ccc(Cl)cc1Cl. The molecule has 0 aliphatic rings. The Bertz CT molecular complexity index is 987. The molecule has 0 aromatic heterocycles. The molecule has 0 saturated heterocycles. The predicted octanol–water partition coefficient (Wildman–Crippen LogP) is 4.70. The van der Waals surface area contributed by atoms with Crippen LogP contribution in [-0.4, -0.2) is 29.6 Å². The zero-order valence-electron chi connectivity index (χ0n) is 16.2. The van der Waals surface area contributed by atoms with Gasteiger partial charge in [0, 0.05) is 9.50 Å². The number of hydrogen-bond acceptors (Lipinski definition) is 5. The Morgan fingerprint density at radius 3 is 2.52 bits per heavy atom. The maximum Gasteiger partial charge on any atom is 0.279 e. The van der Waals surface area contributed by atoms with Crippen LogP contribution in [0.3, 0.4) is 0 Å². The van der Waals surface area contributed by atoms with Crippen LogP contribution in [0, 0.1) is 6.92 Å². The minimum Gasteiger partial charge on any atom is -0.482 e. The second kappa shape index (κ2) is 11.9. The van der Waals surface area contributed by atoms with E-state index in [0.717, 1.165) is 10.0 Å². The van der Waals surface area contributed by atoms with Gasteiger partial charge in [-0.15, -0.1) is 0 Å². The van der Waals surface area contributed by atoms with Gasteiger partial charge in [0.25, 0.3) is 11.8 Å². The normalized spacial score (nSPS) is 11.3. The molecule has 3 N–H and O–H groups in total. The first-order valence-corrected chi connectivity index (χ1v) is 11.4. The summed E-state index contributed by atoms with van der Waals surface area (Å²) in [6, 6.07) is 8.32. The van der Waals surface area contributed by atoms with E-state index in [1.165, 1.54) is 13.0 Å². The van der Waals surface area contributed by atoms with Gasteiger partial charge in [0.15, 0.2) is 17.8 Å². The molecule has 0 radical (unpaired) electrons. The van der Waals surface area contributed by atoms with Crippen molar-refractivity contribution in [2.24, 2.45) is 0 Å². The van der Waals surface area contributed by atoms with E-state index in [-0.39, 0.29) is 16.7 Å². The summed E-state index contributed by atoms with van der Waals surface area (Å²) in [5.74, 6) is -0.194. The number of carbonyl (C=O) groups excluding carboxylic acids is 2. The van der Waals surface area contributed by atoms with Crippen LogP contribution in [-0.2, 0) is 9.59 Å². The number of hydrazine groups is 1. The lowest BCUT2D eigenvalue weighted by Gasteiger charge is -2.17. The van der Waals surface area contributed by atoms with E-state index >= 15 is 0 Å². The Hall–Kier alpha value is -1.59. The van der Waals surface area contributed by atoms with Crippen molar-refractivity contribution in [1.29, 1.82) is 0 Å². The number of carbonyl (C=O) groups is 2. The van der Waals surface area contributed by atoms with E-state index in [2.05, 4.69) is 48.0 Å². The Morgan fingerprint density at radius 1 is 1.16 bits per heavy atom. The van der Waals surface area contributed by atoms with Crippen LogP contribution in [0.2, 0.25) is 10.0 Å². The van der Waals surface area contributed by atoms with E-state index in [0.29, 0.717) is 21.0 Å². The third kappa shape index (κ3) is 8.12. The molecule has 1 atom stereocenters. The smallest absolute Gasteiger partial charge is 0.279 e. The molecule has 7 nitrogen and oxygen atoms in total. The molecule has 31 heavy (non-hydrogen) atoms. The van der Waals surface area contributed by atoms with Crippen LogP contribution in [0.1, 0.15) is 12.5 Å². The number of nitrogens with one attached hydrogen (secondary N) is 3. The highest BCUT2D eigenvalue weighted by Crippen LogP contribution is 2.32. The Kier molecular flexibility index (Phi) is 9.83. The highest BCUT2D eigenvalue weighted by Gasteiger charge is 2.17. The second-order valence-electron chi connectivity index (χ2n) is 6.15. The van der Waals surface area contributed by atoms with Crippen LogP contribution < -0.4 is 25.6 Å². The molecule has 0 aliphatic heterocycles. The molecule has 2 rings (SSSR count). The fourth-order valence-electron chi connectivity index (χ4n) is 2.24. The van der Waals surface area contributed by atoms with Crippen molar-refractivity contribution in [3.05, 3.63) is 54.9 Å². The molecule has 12 heteroatoms. The summed E-state index contributed by atoms with van der Waals surface area (Å²) in [6.45, 7) is 3.10. The van der Waals surface area contributed by atoms with Gasteiger partial charge < -0.3 is 9.47 Å². The number of amides is 2. The van der Waals surface area contributed by atoms with Gasteiger partial charge in [-0.2, -0.15) is 0 Å². The largest absolute Gasteiger partial charge is 0.482 e. The van der Waals surface area contributed by atoms with Crippen molar-refractivity contribution in [3.8, 4) is 11.5 Å². The van der Waals surface area contributed by atoms with E-state index < -0.39 is 17.9 Å². The molecule has 0 heterocycles. The number of ether oxygens (including phenoxy) is 2. The summed E-state index contributed by atoms with van der Waals surface area (Å²) >= 11 is 23.6. The number of halogens is 4.